The monoisotopic (exact) mass is 203 g/mol. The second-order valence-electron chi connectivity index (χ2n) is 2.97. The number of hydrogen-bond acceptors (Lipinski definition) is 3. The molecule has 0 N–H and O–H groups in total. The molecular weight excluding hydrogens is 194 g/mol. The van der Waals surface area contributed by atoms with Crippen LogP contribution < -0.4 is 0 Å². The lowest BCUT2D eigenvalue weighted by Gasteiger charge is -1.97. The maximum absolute atomic E-state index is 11.0. The molecule has 0 aliphatic carbocycles. The van der Waals surface area contributed by atoms with Crippen LogP contribution in [0.5, 0.6) is 0 Å². The van der Waals surface area contributed by atoms with Gasteiger partial charge in [0.15, 0.2) is 5.78 Å². The zero-order valence-electron chi connectivity index (χ0n) is 7.73. The maximum Gasteiger partial charge on any atom is 0.161 e. The molecule has 0 bridgehead atoms. The number of aromatic nitrogens is 1. The molecule has 0 unspecified atom stereocenters. The SMILES string of the molecule is CC(=O)c1ccc(-c2cccs2)nc1. The molecule has 70 valence electrons. The van der Waals surface area contributed by atoms with E-state index >= 15 is 0 Å². The van der Waals surface area contributed by atoms with Gasteiger partial charge in [-0.2, -0.15) is 0 Å². The van der Waals surface area contributed by atoms with E-state index in [1.165, 1.54) is 0 Å². The lowest BCUT2D eigenvalue weighted by molar-refractivity contribution is 0.101. The quantitative estimate of drug-likeness (QED) is 0.702. The molecule has 0 saturated heterocycles. The molecule has 2 nitrogen and oxygen atoms in total. The number of ketones is 1. The Labute approximate surface area is 86.2 Å². The largest absolute Gasteiger partial charge is 0.294 e. The van der Waals surface area contributed by atoms with Crippen molar-refractivity contribution in [1.29, 1.82) is 0 Å². The molecule has 3 heteroatoms. The van der Waals surface area contributed by atoms with Crippen LogP contribution in [0.1, 0.15) is 17.3 Å². The van der Waals surface area contributed by atoms with Gasteiger partial charge in [-0.15, -0.1) is 11.3 Å². The van der Waals surface area contributed by atoms with Crippen LogP contribution in [0.25, 0.3) is 10.6 Å². The summed E-state index contributed by atoms with van der Waals surface area (Å²) in [5.41, 5.74) is 1.58. The average molecular weight is 203 g/mol. The molecule has 0 aliphatic rings. The normalized spacial score (nSPS) is 10.1. The Morgan fingerprint density at radius 1 is 1.36 bits per heavy atom. The Kier molecular flexibility index (Phi) is 2.41. The zero-order valence-corrected chi connectivity index (χ0v) is 8.54. The minimum absolute atomic E-state index is 0.0511. The number of nitrogens with zero attached hydrogens (tertiary/aromatic N) is 1. The van der Waals surface area contributed by atoms with Gasteiger partial charge in [0.05, 0.1) is 10.6 Å². The molecule has 0 fully saturated rings. The highest BCUT2D eigenvalue weighted by atomic mass is 32.1. The van der Waals surface area contributed by atoms with Crippen molar-refractivity contribution in [2.24, 2.45) is 0 Å². The highest BCUT2D eigenvalue weighted by molar-refractivity contribution is 7.13. The van der Waals surface area contributed by atoms with Gasteiger partial charge in [-0.25, -0.2) is 0 Å². The first-order valence-electron chi connectivity index (χ1n) is 4.28. The maximum atomic E-state index is 11.0. The van der Waals surface area contributed by atoms with Gasteiger partial charge >= 0.3 is 0 Å². The van der Waals surface area contributed by atoms with E-state index in [1.54, 1.807) is 24.5 Å². The van der Waals surface area contributed by atoms with Gasteiger partial charge in [0.1, 0.15) is 0 Å². The Morgan fingerprint density at radius 2 is 2.21 bits per heavy atom. The molecule has 2 aromatic heterocycles. The van der Waals surface area contributed by atoms with Crippen LogP contribution in [-0.4, -0.2) is 10.8 Å². The summed E-state index contributed by atoms with van der Waals surface area (Å²) in [5, 5.41) is 2.01. The van der Waals surface area contributed by atoms with Crippen molar-refractivity contribution in [3.8, 4) is 10.6 Å². The number of thiophene rings is 1. The van der Waals surface area contributed by atoms with E-state index in [1.807, 2.05) is 29.6 Å². The topological polar surface area (TPSA) is 30.0 Å². The first-order chi connectivity index (χ1) is 6.77. The lowest BCUT2D eigenvalue weighted by atomic mass is 10.2. The second-order valence-corrected chi connectivity index (χ2v) is 3.91. The van der Waals surface area contributed by atoms with Gasteiger partial charge in [0, 0.05) is 11.8 Å². The Hall–Kier alpha value is -1.48. The van der Waals surface area contributed by atoms with E-state index in [0.29, 0.717) is 5.56 Å². The summed E-state index contributed by atoms with van der Waals surface area (Å²) >= 11 is 1.64. The minimum Gasteiger partial charge on any atom is -0.294 e. The number of carbonyl (C=O) groups is 1. The summed E-state index contributed by atoms with van der Waals surface area (Å²) in [7, 11) is 0. The van der Waals surface area contributed by atoms with Crippen LogP contribution in [0.2, 0.25) is 0 Å². The predicted molar refractivity (Wildman–Crippen MR) is 57.6 cm³/mol. The number of carbonyl (C=O) groups excluding carboxylic acids is 1. The van der Waals surface area contributed by atoms with E-state index in [4.69, 9.17) is 0 Å². The van der Waals surface area contributed by atoms with Gasteiger partial charge in [0.2, 0.25) is 0 Å². The van der Waals surface area contributed by atoms with Crippen LogP contribution in [0, 0.1) is 0 Å². The second kappa shape index (κ2) is 3.72. The summed E-state index contributed by atoms with van der Waals surface area (Å²) in [4.78, 5) is 16.4. The van der Waals surface area contributed by atoms with Gasteiger partial charge < -0.3 is 0 Å². The third-order valence-corrected chi connectivity index (χ3v) is 2.84. The van der Waals surface area contributed by atoms with E-state index < -0.39 is 0 Å². The molecule has 0 aliphatic heterocycles. The number of rotatable bonds is 2. The molecular formula is C11H9NOS. The van der Waals surface area contributed by atoms with Crippen LogP contribution in [-0.2, 0) is 0 Å². The minimum atomic E-state index is 0.0511. The molecule has 2 heterocycles. The molecule has 0 radical (unpaired) electrons. The summed E-state index contributed by atoms with van der Waals surface area (Å²) < 4.78 is 0. The smallest absolute Gasteiger partial charge is 0.161 e. The summed E-state index contributed by atoms with van der Waals surface area (Å²) in [5.74, 6) is 0.0511. The molecule has 0 atom stereocenters. The number of pyridine rings is 1. The predicted octanol–water partition coefficient (Wildman–Crippen LogP) is 3.01. The van der Waals surface area contributed by atoms with Crippen molar-refractivity contribution in [3.05, 3.63) is 41.4 Å². The summed E-state index contributed by atoms with van der Waals surface area (Å²) in [6.45, 7) is 1.54. The summed E-state index contributed by atoms with van der Waals surface area (Å²) in [6.07, 6.45) is 1.62. The molecule has 14 heavy (non-hydrogen) atoms. The van der Waals surface area contributed by atoms with E-state index in [9.17, 15) is 4.79 Å². The van der Waals surface area contributed by atoms with Gasteiger partial charge in [0.25, 0.3) is 0 Å². The molecule has 0 aromatic carbocycles. The van der Waals surface area contributed by atoms with Crippen molar-refractivity contribution in [3.63, 3.8) is 0 Å². The third kappa shape index (κ3) is 1.72. The molecule has 2 aromatic rings. The fraction of sp³-hybridized carbons (Fsp3) is 0.0909. The van der Waals surface area contributed by atoms with Gasteiger partial charge in [-0.1, -0.05) is 6.07 Å². The van der Waals surface area contributed by atoms with E-state index in [0.717, 1.165) is 10.6 Å². The van der Waals surface area contributed by atoms with Crippen LogP contribution in [0.4, 0.5) is 0 Å². The molecule has 0 spiro atoms. The van der Waals surface area contributed by atoms with Gasteiger partial charge in [-0.3, -0.25) is 9.78 Å². The Morgan fingerprint density at radius 3 is 2.71 bits per heavy atom. The van der Waals surface area contributed by atoms with Crippen molar-refractivity contribution >= 4 is 17.1 Å². The van der Waals surface area contributed by atoms with Crippen molar-refractivity contribution in [2.45, 2.75) is 6.92 Å². The lowest BCUT2D eigenvalue weighted by Crippen LogP contribution is -1.92. The highest BCUT2D eigenvalue weighted by Crippen LogP contribution is 2.22. The molecule has 0 saturated carbocycles. The fourth-order valence-electron chi connectivity index (χ4n) is 1.17. The van der Waals surface area contributed by atoms with E-state index in [2.05, 4.69) is 4.98 Å². The van der Waals surface area contributed by atoms with Crippen molar-refractivity contribution in [1.82, 2.24) is 4.98 Å². The highest BCUT2D eigenvalue weighted by Gasteiger charge is 2.02. The fourth-order valence-corrected chi connectivity index (χ4v) is 1.87. The molecule has 0 amide bonds. The van der Waals surface area contributed by atoms with E-state index in [-0.39, 0.29) is 5.78 Å². The zero-order chi connectivity index (χ0) is 9.97. The number of Topliss-reactive ketones (excluding diaryl/α,β-unsaturated/α-hetero) is 1. The van der Waals surface area contributed by atoms with Crippen molar-refractivity contribution < 1.29 is 4.79 Å². The molecule has 2 rings (SSSR count). The first-order valence-corrected chi connectivity index (χ1v) is 5.16. The van der Waals surface area contributed by atoms with Crippen LogP contribution >= 0.6 is 11.3 Å². The van der Waals surface area contributed by atoms with Crippen LogP contribution in [0.15, 0.2) is 35.8 Å². The average Bonchev–Trinajstić information content (AvgIpc) is 2.71. The van der Waals surface area contributed by atoms with Crippen molar-refractivity contribution in [2.75, 3.05) is 0 Å². The Balaban J connectivity index is 2.36. The Bertz CT molecular complexity index is 431. The first kappa shape index (κ1) is 9.09. The van der Waals surface area contributed by atoms with Gasteiger partial charge in [-0.05, 0) is 30.5 Å². The third-order valence-electron chi connectivity index (χ3n) is 1.94. The van der Waals surface area contributed by atoms with Crippen LogP contribution in [0.3, 0.4) is 0 Å². The standard InChI is InChI=1S/C11H9NOS/c1-8(13)9-4-5-10(12-7-9)11-3-2-6-14-11/h2-7H,1H3. The summed E-state index contributed by atoms with van der Waals surface area (Å²) in [6, 6.07) is 7.69. The number of hydrogen-bond donors (Lipinski definition) is 0.